The fraction of sp³-hybridized carbons (Fsp3) is 0.864. The number of aliphatic hydroxyl groups excluding tert-OH is 2. The number of hydrogen-bond donors (Lipinski definition) is 4. The molecule has 1 aliphatic heterocycles. The molecule has 0 aromatic heterocycles. The molecule has 8 nitrogen and oxygen atoms in total. The first kappa shape index (κ1) is 23.6. The predicted molar refractivity (Wildman–Crippen MR) is 107 cm³/mol. The van der Waals surface area contributed by atoms with E-state index in [1.54, 1.807) is 6.08 Å². The first-order valence-electron chi connectivity index (χ1n) is 10.7. The molecule has 2 aliphatic carbocycles. The average Bonchev–Trinajstić information content (AvgIpc) is 2.95. The summed E-state index contributed by atoms with van der Waals surface area (Å²) in [6.45, 7) is 6.03. The number of aliphatic carboxylic acids is 1. The third-order valence-electron chi connectivity index (χ3n) is 8.48. The van der Waals surface area contributed by atoms with E-state index in [0.717, 1.165) is 6.42 Å². The minimum Gasteiger partial charge on any atom is -0.478 e. The Balaban J connectivity index is 1.91. The summed E-state index contributed by atoms with van der Waals surface area (Å²) < 4.78 is 15.9. The third-order valence-corrected chi connectivity index (χ3v) is 8.48. The molecule has 8 heteroatoms. The van der Waals surface area contributed by atoms with Gasteiger partial charge >= 0.3 is 5.97 Å². The molecule has 1 saturated heterocycles. The Kier molecular flexibility index (Phi) is 6.42. The van der Waals surface area contributed by atoms with Crippen LogP contribution < -0.4 is 0 Å². The van der Waals surface area contributed by atoms with Crippen molar-refractivity contribution in [2.24, 2.45) is 22.7 Å². The van der Waals surface area contributed by atoms with Crippen molar-refractivity contribution in [2.75, 3.05) is 14.2 Å². The van der Waals surface area contributed by atoms with Gasteiger partial charge in [-0.2, -0.15) is 0 Å². The van der Waals surface area contributed by atoms with Gasteiger partial charge in [0, 0.05) is 25.2 Å². The van der Waals surface area contributed by atoms with Crippen molar-refractivity contribution in [1.29, 1.82) is 0 Å². The molecular formula is C22H36O8. The summed E-state index contributed by atoms with van der Waals surface area (Å²) in [6, 6.07) is 0. The molecule has 0 spiro atoms. The lowest BCUT2D eigenvalue weighted by Crippen LogP contribution is -2.58. The second-order valence-corrected chi connectivity index (χ2v) is 9.74. The number of rotatable bonds is 6. The Morgan fingerprint density at radius 3 is 2.47 bits per heavy atom. The van der Waals surface area contributed by atoms with Gasteiger partial charge in [-0.3, -0.25) is 0 Å². The fourth-order valence-electron chi connectivity index (χ4n) is 6.33. The minimum absolute atomic E-state index is 0.0814. The highest BCUT2D eigenvalue weighted by Gasteiger charge is 2.61. The number of ether oxygens (including phenoxy) is 3. The van der Waals surface area contributed by atoms with Crippen molar-refractivity contribution in [1.82, 2.24) is 0 Å². The normalized spacial score (nSPS) is 48.9. The Morgan fingerprint density at radius 1 is 1.23 bits per heavy atom. The summed E-state index contributed by atoms with van der Waals surface area (Å²) in [5, 5.41) is 42.6. The first-order chi connectivity index (χ1) is 14.0. The molecule has 172 valence electrons. The Morgan fingerprint density at radius 2 is 1.90 bits per heavy atom. The standard InChI is InChI=1S/C22H36O8/c1-12-11-15(23)21(3)13(17(25)26)7-6-8-14(21)20(12,2)9-10-22(27)16(24)18(28-4)30-19(22)29-5/h7,12,14-16,18-19,23-24,27H,6,8-11H2,1-5H3,(H,25,26). The monoisotopic (exact) mass is 428 g/mol. The van der Waals surface area contributed by atoms with Crippen molar-refractivity contribution in [3.05, 3.63) is 11.6 Å². The van der Waals surface area contributed by atoms with Crippen LogP contribution in [0.4, 0.5) is 0 Å². The SMILES string of the molecule is COC1OC(OC)C(O)(CCC2(C)C(C)CC(O)C3(C)C(C(=O)O)=CCCC23)C1O. The van der Waals surface area contributed by atoms with Gasteiger partial charge in [-0.15, -0.1) is 0 Å². The molecule has 9 unspecified atom stereocenters. The van der Waals surface area contributed by atoms with Crippen LogP contribution in [-0.4, -0.2) is 71.0 Å². The lowest BCUT2D eigenvalue weighted by molar-refractivity contribution is -0.222. The van der Waals surface area contributed by atoms with E-state index in [4.69, 9.17) is 14.2 Å². The van der Waals surface area contributed by atoms with E-state index in [0.29, 0.717) is 19.3 Å². The second-order valence-electron chi connectivity index (χ2n) is 9.74. The maximum atomic E-state index is 12.0. The van der Waals surface area contributed by atoms with Crippen LogP contribution >= 0.6 is 0 Å². The Bertz CT molecular complexity index is 691. The van der Waals surface area contributed by atoms with Crippen molar-refractivity contribution < 1.29 is 39.4 Å². The number of methoxy groups -OCH3 is 2. The van der Waals surface area contributed by atoms with Crippen molar-refractivity contribution >= 4 is 5.97 Å². The predicted octanol–water partition coefficient (Wildman–Crippen LogP) is 1.67. The summed E-state index contributed by atoms with van der Waals surface area (Å²) >= 11 is 0. The maximum absolute atomic E-state index is 12.0. The van der Waals surface area contributed by atoms with Crippen molar-refractivity contribution in [3.63, 3.8) is 0 Å². The summed E-state index contributed by atoms with van der Waals surface area (Å²) in [5.41, 5.74) is -2.59. The highest BCUT2D eigenvalue weighted by molar-refractivity contribution is 5.88. The smallest absolute Gasteiger partial charge is 0.331 e. The molecule has 4 N–H and O–H groups in total. The van der Waals surface area contributed by atoms with Crippen molar-refractivity contribution in [2.45, 2.75) is 83.3 Å². The van der Waals surface area contributed by atoms with Gasteiger partial charge in [-0.1, -0.05) is 26.8 Å². The van der Waals surface area contributed by atoms with Gasteiger partial charge in [0.15, 0.2) is 12.6 Å². The zero-order valence-corrected chi connectivity index (χ0v) is 18.5. The van der Waals surface area contributed by atoms with E-state index in [-0.39, 0.29) is 29.2 Å². The molecular weight excluding hydrogens is 392 g/mol. The zero-order valence-electron chi connectivity index (χ0n) is 18.5. The van der Waals surface area contributed by atoms with Crippen LogP contribution in [0, 0.1) is 22.7 Å². The van der Waals surface area contributed by atoms with Gasteiger partial charge < -0.3 is 34.6 Å². The summed E-state index contributed by atoms with van der Waals surface area (Å²) in [5.74, 6) is -0.970. The topological polar surface area (TPSA) is 126 Å². The zero-order chi connectivity index (χ0) is 22.5. The number of aliphatic hydroxyl groups is 3. The lowest BCUT2D eigenvalue weighted by Gasteiger charge is -2.59. The molecule has 1 heterocycles. The molecule has 0 aromatic carbocycles. The van der Waals surface area contributed by atoms with Crippen LogP contribution in [-0.2, 0) is 19.0 Å². The number of fused-ring (bicyclic) bond motifs is 1. The second kappa shape index (κ2) is 8.15. The van der Waals surface area contributed by atoms with Gasteiger partial charge in [0.05, 0.1) is 6.10 Å². The highest BCUT2D eigenvalue weighted by Crippen LogP contribution is 2.62. The number of carboxylic acids is 1. The van der Waals surface area contributed by atoms with Crippen LogP contribution in [0.25, 0.3) is 0 Å². The van der Waals surface area contributed by atoms with E-state index < -0.39 is 41.8 Å². The van der Waals surface area contributed by atoms with Crippen LogP contribution in [0.15, 0.2) is 11.6 Å². The van der Waals surface area contributed by atoms with E-state index >= 15 is 0 Å². The summed E-state index contributed by atoms with van der Waals surface area (Å²) in [4.78, 5) is 12.0. The van der Waals surface area contributed by atoms with Crippen LogP contribution in [0.1, 0.15) is 52.9 Å². The van der Waals surface area contributed by atoms with Gasteiger partial charge in [0.25, 0.3) is 0 Å². The third kappa shape index (κ3) is 3.32. The number of allylic oxidation sites excluding steroid dienone is 1. The van der Waals surface area contributed by atoms with Gasteiger partial charge in [-0.25, -0.2) is 4.79 Å². The largest absolute Gasteiger partial charge is 0.478 e. The van der Waals surface area contributed by atoms with Gasteiger partial charge in [0.1, 0.15) is 11.7 Å². The first-order valence-corrected chi connectivity index (χ1v) is 10.7. The van der Waals surface area contributed by atoms with Crippen LogP contribution in [0.2, 0.25) is 0 Å². The molecule has 30 heavy (non-hydrogen) atoms. The number of hydrogen-bond acceptors (Lipinski definition) is 7. The molecule has 3 aliphatic rings. The van der Waals surface area contributed by atoms with Gasteiger partial charge in [-0.05, 0) is 49.4 Å². The Hall–Kier alpha value is -1.03. The van der Waals surface area contributed by atoms with E-state index in [1.165, 1.54) is 14.2 Å². The Labute approximate surface area is 177 Å². The molecule has 0 radical (unpaired) electrons. The molecule has 0 bridgehead atoms. The highest BCUT2D eigenvalue weighted by atomic mass is 16.8. The molecule has 0 amide bonds. The van der Waals surface area contributed by atoms with Gasteiger partial charge in [0.2, 0.25) is 0 Å². The number of carbonyl (C=O) groups is 1. The quantitative estimate of drug-likeness (QED) is 0.503. The number of carboxylic acid groups (broad SMARTS) is 1. The molecule has 0 aromatic rings. The molecule has 9 atom stereocenters. The fourth-order valence-corrected chi connectivity index (χ4v) is 6.33. The lowest BCUT2D eigenvalue weighted by atomic mass is 9.45. The minimum atomic E-state index is -1.65. The van der Waals surface area contributed by atoms with Crippen LogP contribution in [0.5, 0.6) is 0 Å². The van der Waals surface area contributed by atoms with E-state index in [2.05, 4.69) is 13.8 Å². The molecule has 1 saturated carbocycles. The molecule has 3 rings (SSSR count). The van der Waals surface area contributed by atoms with Crippen molar-refractivity contribution in [3.8, 4) is 0 Å². The van der Waals surface area contributed by atoms with E-state index in [9.17, 15) is 25.2 Å². The average molecular weight is 429 g/mol. The maximum Gasteiger partial charge on any atom is 0.331 e. The van der Waals surface area contributed by atoms with Crippen LogP contribution in [0.3, 0.4) is 0 Å². The summed E-state index contributed by atoms with van der Waals surface area (Å²) in [6.07, 6.45) is 0.288. The molecule has 2 fully saturated rings. The van der Waals surface area contributed by atoms with E-state index in [1.807, 2.05) is 6.92 Å². The summed E-state index contributed by atoms with van der Waals surface area (Å²) in [7, 11) is 2.80.